The first-order valence-electron chi connectivity index (χ1n) is 3.92. The Balaban J connectivity index is 3.26. The molecule has 0 atom stereocenters. The van der Waals surface area contributed by atoms with Gasteiger partial charge in [-0.15, -0.1) is 0 Å². The molecule has 0 aliphatic rings. The molecule has 4 heteroatoms. The summed E-state index contributed by atoms with van der Waals surface area (Å²) < 4.78 is 0.879. The number of nitrogens with one attached hydrogen (secondary N) is 1. The van der Waals surface area contributed by atoms with E-state index < -0.39 is 0 Å². The SMILES string of the molecule is Cc1cc(Br)c(C)c(O)c1CNO. The Kier molecular flexibility index (Phi) is 3.30. The van der Waals surface area contributed by atoms with Crippen molar-refractivity contribution in [2.75, 3.05) is 0 Å². The molecule has 0 aliphatic carbocycles. The van der Waals surface area contributed by atoms with Gasteiger partial charge < -0.3 is 10.3 Å². The summed E-state index contributed by atoms with van der Waals surface area (Å²) in [4.78, 5) is 0. The lowest BCUT2D eigenvalue weighted by atomic mass is 10.0. The van der Waals surface area contributed by atoms with E-state index in [-0.39, 0.29) is 12.3 Å². The van der Waals surface area contributed by atoms with Gasteiger partial charge in [0.15, 0.2) is 0 Å². The van der Waals surface area contributed by atoms with Crippen LogP contribution in [0.25, 0.3) is 0 Å². The summed E-state index contributed by atoms with van der Waals surface area (Å²) in [5.74, 6) is 0.230. The van der Waals surface area contributed by atoms with Gasteiger partial charge in [0.2, 0.25) is 0 Å². The Morgan fingerprint density at radius 1 is 1.46 bits per heavy atom. The van der Waals surface area contributed by atoms with Crippen LogP contribution in [0.1, 0.15) is 16.7 Å². The molecular formula is C9H12BrNO2. The van der Waals surface area contributed by atoms with Crippen molar-refractivity contribution in [2.45, 2.75) is 20.4 Å². The van der Waals surface area contributed by atoms with Crippen LogP contribution in [0.3, 0.4) is 0 Å². The van der Waals surface area contributed by atoms with E-state index >= 15 is 0 Å². The second-order valence-electron chi connectivity index (χ2n) is 2.96. The molecule has 0 aliphatic heterocycles. The minimum atomic E-state index is 0.230. The molecule has 0 aromatic heterocycles. The Labute approximate surface area is 85.5 Å². The molecule has 0 amide bonds. The van der Waals surface area contributed by atoms with Crippen molar-refractivity contribution < 1.29 is 10.3 Å². The predicted octanol–water partition coefficient (Wildman–Crippen LogP) is 2.25. The van der Waals surface area contributed by atoms with E-state index in [4.69, 9.17) is 5.21 Å². The number of hydrogen-bond acceptors (Lipinski definition) is 3. The van der Waals surface area contributed by atoms with E-state index in [0.717, 1.165) is 21.2 Å². The van der Waals surface area contributed by atoms with Gasteiger partial charge in [0.25, 0.3) is 0 Å². The average Bonchev–Trinajstić information content (AvgIpc) is 2.09. The molecule has 0 unspecified atom stereocenters. The lowest BCUT2D eigenvalue weighted by Crippen LogP contribution is -2.08. The summed E-state index contributed by atoms with van der Waals surface area (Å²) in [6, 6.07) is 1.92. The summed E-state index contributed by atoms with van der Waals surface area (Å²) in [6.07, 6.45) is 0. The maximum absolute atomic E-state index is 9.71. The minimum absolute atomic E-state index is 0.230. The van der Waals surface area contributed by atoms with Crippen LogP contribution in [0.5, 0.6) is 5.75 Å². The second kappa shape index (κ2) is 4.09. The molecule has 1 rings (SSSR count). The van der Waals surface area contributed by atoms with Crippen LogP contribution in [-0.4, -0.2) is 10.3 Å². The molecule has 3 nitrogen and oxygen atoms in total. The molecule has 0 spiro atoms. The molecular weight excluding hydrogens is 234 g/mol. The van der Waals surface area contributed by atoms with Gasteiger partial charge in [-0.3, -0.25) is 0 Å². The number of phenolic OH excluding ortho intramolecular Hbond substituents is 1. The summed E-state index contributed by atoms with van der Waals surface area (Å²) in [6.45, 7) is 3.96. The van der Waals surface area contributed by atoms with Crippen molar-refractivity contribution >= 4 is 15.9 Å². The second-order valence-corrected chi connectivity index (χ2v) is 3.82. The van der Waals surface area contributed by atoms with E-state index in [9.17, 15) is 5.11 Å². The molecule has 1 aromatic rings. The fraction of sp³-hybridized carbons (Fsp3) is 0.333. The number of hydrogen-bond donors (Lipinski definition) is 3. The Bertz CT molecular complexity index is 326. The van der Waals surface area contributed by atoms with Crippen LogP contribution in [0.4, 0.5) is 0 Å². The lowest BCUT2D eigenvalue weighted by Gasteiger charge is -2.11. The van der Waals surface area contributed by atoms with Crippen molar-refractivity contribution in [3.8, 4) is 5.75 Å². The van der Waals surface area contributed by atoms with Crippen molar-refractivity contribution in [3.05, 3.63) is 27.2 Å². The van der Waals surface area contributed by atoms with Crippen molar-refractivity contribution in [3.63, 3.8) is 0 Å². The van der Waals surface area contributed by atoms with Gasteiger partial charge in [-0.2, -0.15) is 0 Å². The lowest BCUT2D eigenvalue weighted by molar-refractivity contribution is 0.160. The number of rotatable bonds is 2. The number of benzene rings is 1. The number of phenols is 1. The monoisotopic (exact) mass is 245 g/mol. The third-order valence-electron chi connectivity index (χ3n) is 2.07. The topological polar surface area (TPSA) is 52.5 Å². The summed E-state index contributed by atoms with van der Waals surface area (Å²) >= 11 is 3.34. The highest BCUT2D eigenvalue weighted by molar-refractivity contribution is 9.10. The van der Waals surface area contributed by atoms with Crippen LogP contribution in [-0.2, 0) is 6.54 Å². The van der Waals surface area contributed by atoms with Crippen LogP contribution in [0, 0.1) is 13.8 Å². The molecule has 0 saturated heterocycles. The summed E-state index contributed by atoms with van der Waals surface area (Å²) in [5, 5.41) is 18.3. The van der Waals surface area contributed by atoms with Crippen LogP contribution in [0.15, 0.2) is 10.5 Å². The quantitative estimate of drug-likeness (QED) is 0.701. The first kappa shape index (κ1) is 10.5. The van der Waals surface area contributed by atoms with Crippen LogP contribution in [0.2, 0.25) is 0 Å². The van der Waals surface area contributed by atoms with E-state index in [1.807, 2.05) is 25.4 Å². The number of aryl methyl sites for hydroxylation is 1. The van der Waals surface area contributed by atoms with Crippen molar-refractivity contribution in [1.29, 1.82) is 0 Å². The first-order valence-corrected chi connectivity index (χ1v) is 4.71. The molecule has 1 aromatic carbocycles. The van der Waals surface area contributed by atoms with E-state index in [1.54, 1.807) is 0 Å². The number of halogens is 1. The number of hydroxylamine groups is 1. The molecule has 3 N–H and O–H groups in total. The predicted molar refractivity (Wildman–Crippen MR) is 53.9 cm³/mol. The Morgan fingerprint density at radius 2 is 2.08 bits per heavy atom. The Hall–Kier alpha value is -0.580. The van der Waals surface area contributed by atoms with Crippen LogP contribution < -0.4 is 5.48 Å². The van der Waals surface area contributed by atoms with Gasteiger partial charge in [-0.05, 0) is 25.5 Å². The maximum atomic E-state index is 9.71. The molecule has 0 bridgehead atoms. The highest BCUT2D eigenvalue weighted by atomic mass is 79.9. The smallest absolute Gasteiger partial charge is 0.124 e. The van der Waals surface area contributed by atoms with Gasteiger partial charge >= 0.3 is 0 Å². The molecule has 0 radical (unpaired) electrons. The van der Waals surface area contributed by atoms with Gasteiger partial charge in [-0.1, -0.05) is 15.9 Å². The first-order chi connectivity index (χ1) is 6.07. The average molecular weight is 246 g/mol. The third-order valence-corrected chi connectivity index (χ3v) is 2.90. The third kappa shape index (κ3) is 2.02. The van der Waals surface area contributed by atoms with Gasteiger partial charge in [0.1, 0.15) is 5.75 Å². The fourth-order valence-corrected chi connectivity index (χ4v) is 1.75. The van der Waals surface area contributed by atoms with Crippen molar-refractivity contribution in [1.82, 2.24) is 5.48 Å². The zero-order valence-electron chi connectivity index (χ0n) is 7.56. The van der Waals surface area contributed by atoms with Crippen LogP contribution >= 0.6 is 15.9 Å². The molecule has 0 heterocycles. The maximum Gasteiger partial charge on any atom is 0.124 e. The normalized spacial score (nSPS) is 10.5. The highest BCUT2D eigenvalue weighted by Gasteiger charge is 2.10. The molecule has 0 fully saturated rings. The largest absolute Gasteiger partial charge is 0.507 e. The summed E-state index contributed by atoms with van der Waals surface area (Å²) in [5.41, 5.74) is 4.49. The summed E-state index contributed by atoms with van der Waals surface area (Å²) in [7, 11) is 0. The minimum Gasteiger partial charge on any atom is -0.507 e. The van der Waals surface area contributed by atoms with E-state index in [1.165, 1.54) is 0 Å². The van der Waals surface area contributed by atoms with E-state index in [2.05, 4.69) is 15.9 Å². The zero-order valence-corrected chi connectivity index (χ0v) is 9.14. The van der Waals surface area contributed by atoms with Crippen molar-refractivity contribution in [2.24, 2.45) is 0 Å². The fourth-order valence-electron chi connectivity index (χ4n) is 1.21. The van der Waals surface area contributed by atoms with E-state index in [0.29, 0.717) is 0 Å². The molecule has 13 heavy (non-hydrogen) atoms. The molecule has 72 valence electrons. The zero-order chi connectivity index (χ0) is 10.0. The highest BCUT2D eigenvalue weighted by Crippen LogP contribution is 2.31. The van der Waals surface area contributed by atoms with Gasteiger partial charge in [0, 0.05) is 22.1 Å². The van der Waals surface area contributed by atoms with Gasteiger partial charge in [-0.25, -0.2) is 5.48 Å². The Morgan fingerprint density at radius 3 is 2.62 bits per heavy atom. The van der Waals surface area contributed by atoms with Gasteiger partial charge in [0.05, 0.1) is 0 Å². The molecule has 0 saturated carbocycles. The number of aromatic hydroxyl groups is 1. The standard InChI is InChI=1S/C9H12BrNO2/c1-5-3-8(10)6(2)9(12)7(5)4-11-13/h3,11-13H,4H2,1-2H3.